The first-order valence-corrected chi connectivity index (χ1v) is 9.37. The van der Waals surface area contributed by atoms with Crippen LogP contribution in [0, 0.1) is 11.3 Å². The standard InChI is InChI=1S/C22H27N3O/c1-18(2)26-22-6-3-5-20(15-22)17-24-11-4-12-25(14-13-24)21-9-7-19(16-23)8-10-21/h3,5-10,15,18H,4,11-14,17H2,1-2H3. The van der Waals surface area contributed by atoms with Crippen molar-refractivity contribution >= 4 is 5.69 Å². The van der Waals surface area contributed by atoms with E-state index >= 15 is 0 Å². The zero-order valence-corrected chi connectivity index (χ0v) is 15.7. The van der Waals surface area contributed by atoms with E-state index in [1.165, 1.54) is 11.3 Å². The maximum Gasteiger partial charge on any atom is 0.120 e. The number of nitriles is 1. The molecule has 3 rings (SSSR count). The zero-order valence-electron chi connectivity index (χ0n) is 15.7. The van der Waals surface area contributed by atoms with Crippen molar-refractivity contribution in [2.45, 2.75) is 32.9 Å². The third kappa shape index (κ3) is 5.00. The van der Waals surface area contributed by atoms with Crippen LogP contribution in [0.3, 0.4) is 0 Å². The molecule has 4 nitrogen and oxygen atoms in total. The molecule has 1 aliphatic heterocycles. The second kappa shape index (κ2) is 8.73. The van der Waals surface area contributed by atoms with Crippen LogP contribution in [0.4, 0.5) is 5.69 Å². The van der Waals surface area contributed by atoms with Gasteiger partial charge in [-0.2, -0.15) is 5.26 Å². The molecular weight excluding hydrogens is 322 g/mol. The second-order valence-electron chi connectivity index (χ2n) is 7.09. The van der Waals surface area contributed by atoms with Crippen LogP contribution in [0.15, 0.2) is 48.5 Å². The van der Waals surface area contributed by atoms with Crippen LogP contribution in [-0.4, -0.2) is 37.2 Å². The van der Waals surface area contributed by atoms with E-state index in [0.717, 1.165) is 44.9 Å². The van der Waals surface area contributed by atoms with Crippen LogP contribution < -0.4 is 9.64 Å². The molecule has 0 bridgehead atoms. The van der Waals surface area contributed by atoms with Gasteiger partial charge in [0.2, 0.25) is 0 Å². The summed E-state index contributed by atoms with van der Waals surface area (Å²) in [5.41, 5.74) is 3.22. The van der Waals surface area contributed by atoms with Crippen molar-refractivity contribution < 1.29 is 4.74 Å². The van der Waals surface area contributed by atoms with E-state index in [1.54, 1.807) is 0 Å². The minimum atomic E-state index is 0.199. The highest BCUT2D eigenvalue weighted by Gasteiger charge is 2.15. The Hall–Kier alpha value is -2.51. The molecule has 0 atom stereocenters. The molecule has 0 unspecified atom stereocenters. The minimum absolute atomic E-state index is 0.199. The van der Waals surface area contributed by atoms with Crippen LogP contribution in [0.25, 0.3) is 0 Å². The predicted octanol–water partition coefficient (Wildman–Crippen LogP) is 4.06. The molecule has 136 valence electrons. The van der Waals surface area contributed by atoms with Crippen molar-refractivity contribution in [2.75, 3.05) is 31.1 Å². The normalized spacial score (nSPS) is 15.5. The molecule has 0 amide bonds. The quantitative estimate of drug-likeness (QED) is 0.816. The van der Waals surface area contributed by atoms with Gasteiger partial charge in [-0.15, -0.1) is 0 Å². The largest absolute Gasteiger partial charge is 0.491 e. The number of hydrogen-bond donors (Lipinski definition) is 0. The average Bonchev–Trinajstić information content (AvgIpc) is 2.87. The number of rotatable bonds is 5. The summed E-state index contributed by atoms with van der Waals surface area (Å²) < 4.78 is 5.81. The van der Waals surface area contributed by atoms with Gasteiger partial charge >= 0.3 is 0 Å². The molecule has 0 radical (unpaired) electrons. The summed E-state index contributed by atoms with van der Waals surface area (Å²) in [5.74, 6) is 0.950. The molecule has 4 heteroatoms. The van der Waals surface area contributed by atoms with Gasteiger partial charge in [0, 0.05) is 38.4 Å². The number of anilines is 1. The molecule has 1 aliphatic rings. The highest BCUT2D eigenvalue weighted by molar-refractivity contribution is 5.49. The summed E-state index contributed by atoms with van der Waals surface area (Å²) in [6.45, 7) is 9.26. The fourth-order valence-corrected chi connectivity index (χ4v) is 3.38. The Bertz CT molecular complexity index is 749. The lowest BCUT2D eigenvalue weighted by Gasteiger charge is -2.24. The molecular formula is C22H27N3O. The van der Waals surface area contributed by atoms with E-state index in [4.69, 9.17) is 10.00 Å². The van der Waals surface area contributed by atoms with Crippen LogP contribution in [0.5, 0.6) is 5.75 Å². The van der Waals surface area contributed by atoms with Crippen molar-refractivity contribution in [3.63, 3.8) is 0 Å². The fourth-order valence-electron chi connectivity index (χ4n) is 3.38. The maximum atomic E-state index is 8.95. The lowest BCUT2D eigenvalue weighted by molar-refractivity contribution is 0.241. The Morgan fingerprint density at radius 1 is 1.04 bits per heavy atom. The minimum Gasteiger partial charge on any atom is -0.491 e. The van der Waals surface area contributed by atoms with Crippen LogP contribution >= 0.6 is 0 Å². The van der Waals surface area contributed by atoms with Crippen molar-refractivity contribution in [3.8, 4) is 11.8 Å². The van der Waals surface area contributed by atoms with E-state index in [2.05, 4.69) is 60.0 Å². The Morgan fingerprint density at radius 3 is 2.58 bits per heavy atom. The Balaban J connectivity index is 1.59. The van der Waals surface area contributed by atoms with E-state index in [-0.39, 0.29) is 6.10 Å². The van der Waals surface area contributed by atoms with Crippen LogP contribution in [0.1, 0.15) is 31.4 Å². The number of hydrogen-bond acceptors (Lipinski definition) is 4. The van der Waals surface area contributed by atoms with Crippen LogP contribution in [0.2, 0.25) is 0 Å². The highest BCUT2D eigenvalue weighted by atomic mass is 16.5. The van der Waals surface area contributed by atoms with Crippen molar-refractivity contribution in [2.24, 2.45) is 0 Å². The lowest BCUT2D eigenvalue weighted by Crippen LogP contribution is -2.30. The third-order valence-electron chi connectivity index (χ3n) is 4.63. The first-order chi connectivity index (χ1) is 12.6. The summed E-state index contributed by atoms with van der Waals surface area (Å²) in [6.07, 6.45) is 1.34. The van der Waals surface area contributed by atoms with Crippen molar-refractivity contribution in [3.05, 3.63) is 59.7 Å². The molecule has 0 aliphatic carbocycles. The van der Waals surface area contributed by atoms with Gasteiger partial charge in [-0.3, -0.25) is 4.90 Å². The molecule has 0 spiro atoms. The van der Waals surface area contributed by atoms with E-state index in [9.17, 15) is 0 Å². The summed E-state index contributed by atoms with van der Waals surface area (Å²) in [4.78, 5) is 4.93. The molecule has 0 N–H and O–H groups in total. The van der Waals surface area contributed by atoms with Crippen molar-refractivity contribution in [1.82, 2.24) is 4.90 Å². The van der Waals surface area contributed by atoms with Gasteiger partial charge in [-0.25, -0.2) is 0 Å². The highest BCUT2D eigenvalue weighted by Crippen LogP contribution is 2.20. The van der Waals surface area contributed by atoms with Gasteiger partial charge in [0.1, 0.15) is 5.75 Å². The molecule has 0 saturated carbocycles. The van der Waals surface area contributed by atoms with E-state index in [0.29, 0.717) is 5.56 Å². The molecule has 0 aromatic heterocycles. The monoisotopic (exact) mass is 349 g/mol. The smallest absolute Gasteiger partial charge is 0.120 e. The van der Waals surface area contributed by atoms with E-state index in [1.807, 2.05) is 18.2 Å². The number of benzene rings is 2. The molecule has 1 saturated heterocycles. The Labute approximate surface area is 156 Å². The average molecular weight is 349 g/mol. The molecule has 1 heterocycles. The maximum absolute atomic E-state index is 8.95. The van der Waals surface area contributed by atoms with Gasteiger partial charge in [0.25, 0.3) is 0 Å². The van der Waals surface area contributed by atoms with Gasteiger partial charge in [-0.1, -0.05) is 12.1 Å². The van der Waals surface area contributed by atoms with Gasteiger partial charge < -0.3 is 9.64 Å². The van der Waals surface area contributed by atoms with Crippen molar-refractivity contribution in [1.29, 1.82) is 5.26 Å². The predicted molar refractivity (Wildman–Crippen MR) is 105 cm³/mol. The van der Waals surface area contributed by atoms with E-state index < -0.39 is 0 Å². The van der Waals surface area contributed by atoms with Crippen LogP contribution in [-0.2, 0) is 6.54 Å². The Kier molecular flexibility index (Phi) is 6.14. The zero-order chi connectivity index (χ0) is 18.4. The summed E-state index contributed by atoms with van der Waals surface area (Å²) in [5, 5.41) is 8.95. The molecule has 1 fully saturated rings. The number of ether oxygens (including phenoxy) is 1. The topological polar surface area (TPSA) is 39.5 Å². The third-order valence-corrected chi connectivity index (χ3v) is 4.63. The molecule has 2 aromatic carbocycles. The summed E-state index contributed by atoms with van der Waals surface area (Å²) in [7, 11) is 0. The lowest BCUT2D eigenvalue weighted by atomic mass is 10.2. The first kappa shape index (κ1) is 18.3. The molecule has 2 aromatic rings. The first-order valence-electron chi connectivity index (χ1n) is 9.37. The summed E-state index contributed by atoms with van der Waals surface area (Å²) >= 11 is 0. The van der Waals surface area contributed by atoms with Gasteiger partial charge in [-0.05, 0) is 62.2 Å². The summed E-state index contributed by atoms with van der Waals surface area (Å²) in [6, 6.07) is 18.5. The van der Waals surface area contributed by atoms with Gasteiger partial charge in [0.05, 0.1) is 17.7 Å². The fraction of sp³-hybridized carbons (Fsp3) is 0.409. The van der Waals surface area contributed by atoms with Gasteiger partial charge in [0.15, 0.2) is 0 Å². The second-order valence-corrected chi connectivity index (χ2v) is 7.09. The number of nitrogens with zero attached hydrogens (tertiary/aromatic N) is 3. The SMILES string of the molecule is CC(C)Oc1cccc(CN2CCCN(c3ccc(C#N)cc3)CC2)c1. The Morgan fingerprint density at radius 2 is 1.85 bits per heavy atom. The molecule has 26 heavy (non-hydrogen) atoms.